The molecule has 2 nitrogen and oxygen atoms in total. The molecule has 0 aliphatic carbocycles. The molecular weight excluding hydrogens is 356 g/mol. The Morgan fingerprint density at radius 1 is 1.00 bits per heavy atom. The second-order valence-corrected chi connectivity index (χ2v) is 8.54. The molecule has 2 aromatic carbocycles. The van der Waals surface area contributed by atoms with Crippen LogP contribution in [-0.4, -0.2) is 15.3 Å². The van der Waals surface area contributed by atoms with Gasteiger partial charge in [-0.15, -0.1) is 23.5 Å². The van der Waals surface area contributed by atoms with Crippen LogP contribution in [0.5, 0.6) is 0 Å². The van der Waals surface area contributed by atoms with Crippen molar-refractivity contribution < 1.29 is 9.53 Å². The van der Waals surface area contributed by atoms with Gasteiger partial charge in [0.15, 0.2) is 0 Å². The lowest BCUT2D eigenvalue weighted by molar-refractivity contribution is -0.144. The average molecular weight is 377 g/mol. The Kier molecular flexibility index (Phi) is 8.36. The van der Waals surface area contributed by atoms with Gasteiger partial charge in [0, 0.05) is 11.5 Å². The quantitative estimate of drug-likeness (QED) is 0.477. The van der Waals surface area contributed by atoms with Gasteiger partial charge in [-0.3, -0.25) is 4.79 Å². The van der Waals surface area contributed by atoms with E-state index in [2.05, 4.69) is 12.1 Å². The minimum absolute atomic E-state index is 0.182. The van der Waals surface area contributed by atoms with Gasteiger partial charge in [0.1, 0.15) is 10.1 Å². The van der Waals surface area contributed by atoms with Crippen molar-refractivity contribution in [3.8, 4) is 0 Å². The molecule has 0 bridgehead atoms. The van der Waals surface area contributed by atoms with Crippen LogP contribution >= 0.6 is 35.7 Å². The van der Waals surface area contributed by atoms with Crippen LogP contribution in [0, 0.1) is 6.92 Å². The van der Waals surface area contributed by atoms with Crippen LogP contribution in [0.3, 0.4) is 0 Å². The fourth-order valence-electron chi connectivity index (χ4n) is 1.90. The van der Waals surface area contributed by atoms with Gasteiger partial charge in [0.2, 0.25) is 0 Å². The van der Waals surface area contributed by atoms with Crippen LogP contribution in [0.15, 0.2) is 54.6 Å². The molecule has 0 heterocycles. The lowest BCUT2D eigenvalue weighted by Gasteiger charge is -2.06. The van der Waals surface area contributed by atoms with Crippen molar-refractivity contribution in [2.24, 2.45) is 0 Å². The highest BCUT2D eigenvalue weighted by atomic mass is 32.2. The molecule has 2 rings (SSSR count). The number of thiocarbonyl (C=S) groups is 1. The van der Waals surface area contributed by atoms with Crippen LogP contribution in [0.25, 0.3) is 0 Å². The smallest absolute Gasteiger partial charge is 0.306 e. The van der Waals surface area contributed by atoms with Gasteiger partial charge >= 0.3 is 5.97 Å². The number of thioether (sulfide) groups is 2. The van der Waals surface area contributed by atoms with Crippen molar-refractivity contribution >= 4 is 45.2 Å². The van der Waals surface area contributed by atoms with E-state index in [1.807, 2.05) is 49.4 Å². The molecule has 0 aromatic heterocycles. The number of esters is 1. The highest BCUT2D eigenvalue weighted by Gasteiger charge is 2.06. The summed E-state index contributed by atoms with van der Waals surface area (Å²) in [5.74, 6) is 1.34. The summed E-state index contributed by atoms with van der Waals surface area (Å²) in [6, 6.07) is 18.2. The van der Waals surface area contributed by atoms with Crippen molar-refractivity contribution in [1.82, 2.24) is 0 Å². The zero-order valence-electron chi connectivity index (χ0n) is 13.6. The molecule has 0 atom stereocenters. The summed E-state index contributed by atoms with van der Waals surface area (Å²) in [4.78, 5) is 11.8. The normalized spacial score (nSPS) is 10.4. The van der Waals surface area contributed by atoms with Gasteiger partial charge in [0.25, 0.3) is 0 Å². The van der Waals surface area contributed by atoms with E-state index in [0.29, 0.717) is 18.8 Å². The topological polar surface area (TPSA) is 26.3 Å². The SMILES string of the molecule is Cc1ccc(COC(=O)CCSC(=S)SCc2ccccc2)cc1. The fourth-order valence-corrected chi connectivity index (χ4v) is 4.00. The van der Waals surface area contributed by atoms with Gasteiger partial charge in [-0.25, -0.2) is 0 Å². The minimum atomic E-state index is -0.182. The monoisotopic (exact) mass is 376 g/mol. The lowest BCUT2D eigenvalue weighted by atomic mass is 10.2. The Labute approximate surface area is 157 Å². The molecule has 0 unspecified atom stereocenters. The molecule has 0 aliphatic heterocycles. The Hall–Kier alpha value is -1.30. The first-order valence-electron chi connectivity index (χ1n) is 7.68. The van der Waals surface area contributed by atoms with E-state index >= 15 is 0 Å². The summed E-state index contributed by atoms with van der Waals surface area (Å²) in [6.07, 6.45) is 0.378. The third-order valence-electron chi connectivity index (χ3n) is 3.25. The van der Waals surface area contributed by atoms with Crippen LogP contribution in [0.4, 0.5) is 0 Å². The molecule has 126 valence electrons. The van der Waals surface area contributed by atoms with E-state index < -0.39 is 0 Å². The van der Waals surface area contributed by atoms with Crippen molar-refractivity contribution in [2.45, 2.75) is 25.7 Å². The van der Waals surface area contributed by atoms with Gasteiger partial charge in [-0.2, -0.15) is 0 Å². The number of ether oxygens (including phenoxy) is 1. The van der Waals surface area contributed by atoms with E-state index in [4.69, 9.17) is 17.0 Å². The van der Waals surface area contributed by atoms with Crippen molar-refractivity contribution in [3.63, 3.8) is 0 Å². The second kappa shape index (κ2) is 10.5. The first-order valence-corrected chi connectivity index (χ1v) is 10.1. The van der Waals surface area contributed by atoms with E-state index in [1.54, 1.807) is 23.5 Å². The number of benzene rings is 2. The van der Waals surface area contributed by atoms with Crippen LogP contribution in [0.2, 0.25) is 0 Å². The lowest BCUT2D eigenvalue weighted by Crippen LogP contribution is -2.06. The highest BCUT2D eigenvalue weighted by molar-refractivity contribution is 8.46. The zero-order valence-corrected chi connectivity index (χ0v) is 16.0. The molecule has 0 radical (unpaired) electrons. The third kappa shape index (κ3) is 7.51. The summed E-state index contributed by atoms with van der Waals surface area (Å²) in [5.41, 5.74) is 3.46. The number of hydrogen-bond donors (Lipinski definition) is 0. The molecule has 0 saturated heterocycles. The van der Waals surface area contributed by atoms with Gasteiger partial charge < -0.3 is 4.74 Å². The molecule has 0 N–H and O–H groups in total. The molecule has 0 aliphatic rings. The van der Waals surface area contributed by atoms with Crippen LogP contribution in [-0.2, 0) is 21.9 Å². The average Bonchev–Trinajstić information content (AvgIpc) is 2.60. The van der Waals surface area contributed by atoms with Crippen molar-refractivity contribution in [1.29, 1.82) is 0 Å². The van der Waals surface area contributed by atoms with Crippen LogP contribution < -0.4 is 0 Å². The summed E-state index contributed by atoms with van der Waals surface area (Å²) in [5, 5.41) is 0. The summed E-state index contributed by atoms with van der Waals surface area (Å²) < 4.78 is 6.14. The summed E-state index contributed by atoms with van der Waals surface area (Å²) >= 11 is 8.51. The molecule has 24 heavy (non-hydrogen) atoms. The molecule has 0 amide bonds. The minimum Gasteiger partial charge on any atom is -0.461 e. The standard InChI is InChI=1S/C19H20O2S3/c1-15-7-9-16(10-8-15)13-21-18(20)11-12-23-19(22)24-14-17-5-3-2-4-6-17/h2-10H,11-14H2,1H3. The maximum Gasteiger partial charge on any atom is 0.306 e. The van der Waals surface area contributed by atoms with E-state index in [-0.39, 0.29) is 5.97 Å². The molecule has 0 spiro atoms. The molecule has 0 saturated carbocycles. The molecule has 5 heteroatoms. The largest absolute Gasteiger partial charge is 0.461 e. The predicted molar refractivity (Wildman–Crippen MR) is 108 cm³/mol. The maximum atomic E-state index is 11.8. The number of carbonyl (C=O) groups excluding carboxylic acids is 1. The van der Waals surface area contributed by atoms with Crippen LogP contribution in [0.1, 0.15) is 23.1 Å². The Morgan fingerprint density at radius 2 is 1.71 bits per heavy atom. The first kappa shape index (κ1) is 19.0. The van der Waals surface area contributed by atoms with Gasteiger partial charge in [-0.05, 0) is 18.1 Å². The van der Waals surface area contributed by atoms with Crippen molar-refractivity contribution in [2.75, 3.05) is 5.75 Å². The van der Waals surface area contributed by atoms with Gasteiger partial charge in [-0.1, -0.05) is 72.4 Å². The number of carbonyl (C=O) groups is 1. The fraction of sp³-hybridized carbons (Fsp3) is 0.263. The number of rotatable bonds is 7. The Bertz CT molecular complexity index is 654. The summed E-state index contributed by atoms with van der Waals surface area (Å²) in [7, 11) is 0. The number of hydrogen-bond acceptors (Lipinski definition) is 5. The highest BCUT2D eigenvalue weighted by Crippen LogP contribution is 2.22. The molecule has 2 aromatic rings. The second-order valence-electron chi connectivity index (χ2n) is 5.27. The third-order valence-corrected chi connectivity index (χ3v) is 6.02. The summed E-state index contributed by atoms with van der Waals surface area (Å²) in [6.45, 7) is 2.36. The van der Waals surface area contributed by atoms with E-state index in [0.717, 1.165) is 14.8 Å². The zero-order chi connectivity index (χ0) is 17.2. The molecular formula is C19H20O2S3. The maximum absolute atomic E-state index is 11.8. The molecule has 0 fully saturated rings. The Balaban J connectivity index is 1.58. The van der Waals surface area contributed by atoms with Crippen molar-refractivity contribution in [3.05, 3.63) is 71.3 Å². The predicted octanol–water partition coefficient (Wildman–Crippen LogP) is 5.38. The Morgan fingerprint density at radius 3 is 2.42 bits per heavy atom. The number of aryl methyl sites for hydroxylation is 1. The van der Waals surface area contributed by atoms with E-state index in [1.165, 1.54) is 11.1 Å². The van der Waals surface area contributed by atoms with E-state index in [9.17, 15) is 4.79 Å². The first-order chi connectivity index (χ1) is 11.6. The van der Waals surface area contributed by atoms with Gasteiger partial charge in [0.05, 0.1) is 6.42 Å².